The van der Waals surface area contributed by atoms with Gasteiger partial charge in [0.05, 0.1) is 29.1 Å². The van der Waals surface area contributed by atoms with Gasteiger partial charge in [0.2, 0.25) is 5.91 Å². The molecular weight excluding hydrogens is 519 g/mol. The maximum atomic E-state index is 14.0. The van der Waals surface area contributed by atoms with Crippen molar-refractivity contribution in [2.45, 2.75) is 76.5 Å². The van der Waals surface area contributed by atoms with Gasteiger partial charge >= 0.3 is 0 Å². The number of carbonyl (C=O) groups is 2. The van der Waals surface area contributed by atoms with Crippen LogP contribution in [0, 0.1) is 11.8 Å². The van der Waals surface area contributed by atoms with E-state index in [2.05, 4.69) is 41.8 Å². The summed E-state index contributed by atoms with van der Waals surface area (Å²) in [5.74, 6) is 2.10. The van der Waals surface area contributed by atoms with Crippen molar-refractivity contribution in [2.75, 3.05) is 19.6 Å². The first kappa shape index (κ1) is 26.2. The van der Waals surface area contributed by atoms with Gasteiger partial charge in [0.25, 0.3) is 0 Å². The average Bonchev–Trinajstić information content (AvgIpc) is 3.20. The Hall–Kier alpha value is -2.08. The van der Waals surface area contributed by atoms with Gasteiger partial charge in [-0.25, -0.2) is 0 Å². The van der Waals surface area contributed by atoms with E-state index in [4.69, 9.17) is 27.9 Å². The molecule has 2 fully saturated rings. The molecule has 1 saturated heterocycles. The van der Waals surface area contributed by atoms with Crippen LogP contribution in [-0.2, 0) is 27.8 Å². The SMILES string of the molecule is CC(=O)CN1CC[C@]23c4c5cccc4O[C@H]2[C@H](N(CC(C)C)C(=O)Cc2ccc(Cl)c(Cl)c2)CC[C@H]3[C@H]1C5. The Morgan fingerprint density at radius 2 is 1.97 bits per heavy atom. The molecule has 202 valence electrons. The fourth-order valence-corrected chi connectivity index (χ4v) is 8.43. The number of halogens is 2. The zero-order chi connectivity index (χ0) is 26.8. The molecule has 0 unspecified atom stereocenters. The Bertz CT molecular complexity index is 1280. The van der Waals surface area contributed by atoms with E-state index < -0.39 is 0 Å². The van der Waals surface area contributed by atoms with Crippen LogP contribution in [0.25, 0.3) is 0 Å². The summed E-state index contributed by atoms with van der Waals surface area (Å²) in [6.45, 7) is 8.13. The van der Waals surface area contributed by atoms with Crippen LogP contribution in [0.2, 0.25) is 10.0 Å². The third-order valence-electron chi connectivity index (χ3n) is 9.35. The number of hydrogen-bond acceptors (Lipinski definition) is 4. The van der Waals surface area contributed by atoms with Crippen LogP contribution in [0.15, 0.2) is 36.4 Å². The number of likely N-dealkylation sites (tertiary alicyclic amines) is 1. The quantitative estimate of drug-likeness (QED) is 0.439. The van der Waals surface area contributed by atoms with Crippen LogP contribution in [0.1, 0.15) is 56.7 Å². The predicted molar refractivity (Wildman–Crippen MR) is 150 cm³/mol. The number of hydrogen-bond donors (Lipinski definition) is 0. The van der Waals surface area contributed by atoms with E-state index in [-0.39, 0.29) is 35.7 Å². The van der Waals surface area contributed by atoms with Gasteiger partial charge < -0.3 is 9.64 Å². The summed E-state index contributed by atoms with van der Waals surface area (Å²) in [5, 5.41) is 0.967. The predicted octanol–water partition coefficient (Wildman–Crippen LogP) is 5.72. The number of amides is 1. The van der Waals surface area contributed by atoms with Gasteiger partial charge in [-0.05, 0) is 80.3 Å². The third kappa shape index (κ3) is 4.17. The molecule has 38 heavy (non-hydrogen) atoms. The van der Waals surface area contributed by atoms with Gasteiger partial charge in [-0.3, -0.25) is 14.5 Å². The van der Waals surface area contributed by atoms with Crippen LogP contribution >= 0.6 is 23.2 Å². The van der Waals surface area contributed by atoms with Crippen molar-refractivity contribution in [3.63, 3.8) is 0 Å². The molecular formula is C31H36Cl2N2O3. The second-order valence-electron chi connectivity index (χ2n) is 12.2. The number of nitrogens with zero attached hydrogens (tertiary/aromatic N) is 2. The molecule has 5 atom stereocenters. The molecule has 0 radical (unpaired) electrons. The van der Waals surface area contributed by atoms with Crippen LogP contribution in [-0.4, -0.2) is 59.3 Å². The normalized spacial score (nSPS) is 29.1. The van der Waals surface area contributed by atoms with E-state index >= 15 is 0 Å². The molecule has 1 spiro atoms. The number of Topliss-reactive ketones (excluding diaryl/α,β-unsaturated/α-hetero) is 1. The molecule has 2 aliphatic heterocycles. The number of rotatable bonds is 7. The molecule has 2 aromatic rings. The summed E-state index contributed by atoms with van der Waals surface area (Å²) in [6, 6.07) is 12.3. The average molecular weight is 556 g/mol. The fourth-order valence-electron chi connectivity index (χ4n) is 8.11. The molecule has 6 rings (SSSR count). The largest absolute Gasteiger partial charge is 0.487 e. The van der Waals surface area contributed by atoms with Crippen LogP contribution < -0.4 is 4.74 Å². The highest BCUT2D eigenvalue weighted by atomic mass is 35.5. The first-order chi connectivity index (χ1) is 18.2. The molecule has 1 saturated carbocycles. The summed E-state index contributed by atoms with van der Waals surface area (Å²) in [4.78, 5) is 30.6. The van der Waals surface area contributed by atoms with Gasteiger partial charge in [0.15, 0.2) is 0 Å². The van der Waals surface area contributed by atoms with Crippen molar-refractivity contribution in [1.29, 1.82) is 0 Å². The van der Waals surface area contributed by atoms with Crippen molar-refractivity contribution in [3.05, 3.63) is 63.1 Å². The standard InChI is InChI=1S/C31H36Cl2N2O3/c1-18(2)16-35(28(37)14-20-7-9-23(32)24(33)13-20)25-10-8-22-26-15-21-5-4-6-27-29(21)31(22,30(25)38-27)11-12-34(26)17-19(3)36/h4-7,9,13,18,22,25-26,30H,8,10-12,14-17H2,1-3H3/t22-,25+,26+,30-,31-/m0/s1. The smallest absolute Gasteiger partial charge is 0.227 e. The Kier molecular flexibility index (Phi) is 6.77. The molecule has 2 aromatic carbocycles. The molecule has 0 N–H and O–H groups in total. The van der Waals surface area contributed by atoms with E-state index in [9.17, 15) is 9.59 Å². The van der Waals surface area contributed by atoms with Crippen LogP contribution in [0.5, 0.6) is 5.75 Å². The van der Waals surface area contributed by atoms with Crippen molar-refractivity contribution in [3.8, 4) is 5.75 Å². The van der Waals surface area contributed by atoms with Crippen molar-refractivity contribution in [2.24, 2.45) is 11.8 Å². The molecule has 1 amide bonds. The lowest BCUT2D eigenvalue weighted by Gasteiger charge is -2.60. The zero-order valence-electron chi connectivity index (χ0n) is 22.4. The van der Waals surface area contributed by atoms with Gasteiger partial charge in [0, 0.05) is 23.6 Å². The van der Waals surface area contributed by atoms with Gasteiger partial charge in [0.1, 0.15) is 17.6 Å². The van der Waals surface area contributed by atoms with Gasteiger partial charge in [-0.2, -0.15) is 0 Å². The van der Waals surface area contributed by atoms with E-state index in [1.165, 1.54) is 11.1 Å². The molecule has 7 heteroatoms. The lowest BCUT2D eigenvalue weighted by molar-refractivity contribution is -0.143. The first-order valence-electron chi connectivity index (χ1n) is 13.9. The highest BCUT2D eigenvalue weighted by Crippen LogP contribution is 2.62. The van der Waals surface area contributed by atoms with Crippen molar-refractivity contribution in [1.82, 2.24) is 9.80 Å². The summed E-state index contributed by atoms with van der Waals surface area (Å²) in [5.41, 5.74) is 3.51. The first-order valence-corrected chi connectivity index (χ1v) is 14.7. The Labute approximate surface area is 235 Å². The van der Waals surface area contributed by atoms with Crippen LogP contribution in [0.3, 0.4) is 0 Å². The fraction of sp³-hybridized carbons (Fsp3) is 0.548. The highest BCUT2D eigenvalue weighted by Gasteiger charge is 2.66. The zero-order valence-corrected chi connectivity index (χ0v) is 23.9. The minimum atomic E-state index is -0.107. The molecule has 2 aliphatic carbocycles. The number of carbonyl (C=O) groups excluding carboxylic acids is 2. The van der Waals surface area contributed by atoms with Crippen molar-refractivity contribution >= 4 is 34.9 Å². The second kappa shape index (κ2) is 9.83. The minimum absolute atomic E-state index is 0.00211. The number of ketones is 1. The molecule has 2 bridgehead atoms. The molecule has 2 heterocycles. The Balaban J connectivity index is 1.36. The molecule has 5 nitrogen and oxygen atoms in total. The van der Waals surface area contributed by atoms with E-state index in [1.54, 1.807) is 19.1 Å². The topological polar surface area (TPSA) is 49.9 Å². The third-order valence-corrected chi connectivity index (χ3v) is 10.1. The van der Waals surface area contributed by atoms with E-state index in [0.29, 0.717) is 41.0 Å². The lowest BCUT2D eigenvalue weighted by Crippen LogP contribution is -2.69. The van der Waals surface area contributed by atoms with Crippen LogP contribution in [0.4, 0.5) is 0 Å². The maximum absolute atomic E-state index is 14.0. The minimum Gasteiger partial charge on any atom is -0.487 e. The molecule has 0 aromatic heterocycles. The lowest BCUT2D eigenvalue weighted by atomic mass is 9.51. The Morgan fingerprint density at radius 3 is 2.71 bits per heavy atom. The second-order valence-corrected chi connectivity index (χ2v) is 13.0. The molecule has 4 aliphatic rings. The van der Waals surface area contributed by atoms with Gasteiger partial charge in [-0.1, -0.05) is 55.2 Å². The Morgan fingerprint density at radius 1 is 1.16 bits per heavy atom. The van der Waals surface area contributed by atoms with Gasteiger partial charge in [-0.15, -0.1) is 0 Å². The number of ether oxygens (including phenoxy) is 1. The summed E-state index contributed by atoms with van der Waals surface area (Å²) < 4.78 is 6.89. The highest BCUT2D eigenvalue weighted by molar-refractivity contribution is 6.42. The summed E-state index contributed by atoms with van der Waals surface area (Å²) >= 11 is 12.4. The monoisotopic (exact) mass is 554 g/mol. The number of piperidine rings is 1. The summed E-state index contributed by atoms with van der Waals surface area (Å²) in [7, 11) is 0. The number of benzene rings is 2. The summed E-state index contributed by atoms with van der Waals surface area (Å²) in [6.07, 6.45) is 4.09. The van der Waals surface area contributed by atoms with E-state index in [1.807, 2.05) is 6.07 Å². The maximum Gasteiger partial charge on any atom is 0.227 e. The van der Waals surface area contributed by atoms with E-state index in [0.717, 1.165) is 43.5 Å². The van der Waals surface area contributed by atoms with Crippen molar-refractivity contribution < 1.29 is 14.3 Å².